The molecular weight excluding hydrogens is 380 g/mol. The van der Waals surface area contributed by atoms with Crippen LogP contribution in [0.4, 0.5) is 17.1 Å². The Morgan fingerprint density at radius 2 is 1.38 bits per heavy atom. The first-order valence-electron chi connectivity index (χ1n) is 9.31. The summed E-state index contributed by atoms with van der Waals surface area (Å²) < 4.78 is 0. The van der Waals surface area contributed by atoms with Crippen molar-refractivity contribution in [1.82, 2.24) is 10.3 Å². The average Bonchev–Trinajstić information content (AvgIpc) is 2.69. The number of hydrogen-bond donors (Lipinski definition) is 3. The van der Waals surface area contributed by atoms with Gasteiger partial charge >= 0.3 is 0 Å². The molecule has 2 aromatic carbocycles. The fourth-order valence-corrected chi connectivity index (χ4v) is 2.91. The quantitative estimate of drug-likeness (QED) is 0.518. The molecule has 0 bridgehead atoms. The molecule has 0 atom stereocenters. The minimum absolute atomic E-state index is 0.0459. The number of hydrogen-bond acceptors (Lipinski definition) is 4. The van der Waals surface area contributed by atoms with Crippen molar-refractivity contribution in [2.24, 2.45) is 0 Å². The minimum atomic E-state index is -0.237. The van der Waals surface area contributed by atoms with Gasteiger partial charge in [0.05, 0.1) is 0 Å². The third kappa shape index (κ3) is 5.86. The predicted octanol–water partition coefficient (Wildman–Crippen LogP) is 5.25. The van der Waals surface area contributed by atoms with Gasteiger partial charge in [0.25, 0.3) is 5.91 Å². The zero-order chi connectivity index (χ0) is 20.9. The summed E-state index contributed by atoms with van der Waals surface area (Å²) in [6.45, 7) is 6.41. The lowest BCUT2D eigenvalue weighted by Gasteiger charge is -2.19. The number of pyridine rings is 1. The van der Waals surface area contributed by atoms with Gasteiger partial charge in [0.15, 0.2) is 5.11 Å². The smallest absolute Gasteiger partial charge is 0.257 e. The average molecular weight is 405 g/mol. The summed E-state index contributed by atoms with van der Waals surface area (Å²) in [5, 5.41) is 9.28. The molecule has 148 valence electrons. The van der Waals surface area contributed by atoms with Crippen molar-refractivity contribution < 1.29 is 4.79 Å². The second-order valence-electron chi connectivity index (χ2n) is 7.67. The Bertz CT molecular complexity index is 978. The van der Waals surface area contributed by atoms with Gasteiger partial charge < -0.3 is 10.6 Å². The lowest BCUT2D eigenvalue weighted by Crippen LogP contribution is -2.34. The van der Waals surface area contributed by atoms with Gasteiger partial charge in [0.1, 0.15) is 0 Å². The monoisotopic (exact) mass is 404 g/mol. The number of carbonyl (C=O) groups is 1. The lowest BCUT2D eigenvalue weighted by molar-refractivity contribution is 0.0977. The summed E-state index contributed by atoms with van der Waals surface area (Å²) in [6, 6.07) is 19.0. The molecule has 3 aromatic rings. The van der Waals surface area contributed by atoms with E-state index in [0.29, 0.717) is 5.56 Å². The van der Waals surface area contributed by atoms with E-state index >= 15 is 0 Å². The Morgan fingerprint density at radius 1 is 0.828 bits per heavy atom. The highest BCUT2D eigenvalue weighted by molar-refractivity contribution is 7.80. The Balaban J connectivity index is 1.55. The molecule has 0 aliphatic carbocycles. The summed E-state index contributed by atoms with van der Waals surface area (Å²) in [7, 11) is 0. The van der Waals surface area contributed by atoms with Gasteiger partial charge in [-0.25, -0.2) is 0 Å². The van der Waals surface area contributed by atoms with Gasteiger partial charge in [-0.2, -0.15) is 0 Å². The highest BCUT2D eigenvalue weighted by Gasteiger charge is 2.14. The van der Waals surface area contributed by atoms with Crippen molar-refractivity contribution in [3.63, 3.8) is 0 Å². The van der Waals surface area contributed by atoms with Crippen molar-refractivity contribution in [2.45, 2.75) is 26.2 Å². The largest absolute Gasteiger partial charge is 0.355 e. The molecule has 6 heteroatoms. The molecule has 29 heavy (non-hydrogen) atoms. The van der Waals surface area contributed by atoms with Crippen molar-refractivity contribution >= 4 is 40.3 Å². The van der Waals surface area contributed by atoms with Crippen molar-refractivity contribution in [3.8, 4) is 0 Å². The number of rotatable bonds is 4. The van der Waals surface area contributed by atoms with Gasteiger partial charge in [-0.15, -0.1) is 0 Å². The maximum absolute atomic E-state index is 12.4. The Kier molecular flexibility index (Phi) is 6.24. The van der Waals surface area contributed by atoms with Gasteiger partial charge in [-0.3, -0.25) is 15.1 Å². The number of benzene rings is 2. The molecule has 0 aliphatic rings. The topological polar surface area (TPSA) is 66.1 Å². The number of nitrogens with one attached hydrogen (secondary N) is 3. The summed E-state index contributed by atoms with van der Waals surface area (Å²) in [4.78, 5) is 16.4. The molecule has 0 spiro atoms. The van der Waals surface area contributed by atoms with Crippen LogP contribution in [0.1, 0.15) is 36.7 Å². The normalized spacial score (nSPS) is 10.9. The third-order valence-electron chi connectivity index (χ3n) is 4.35. The van der Waals surface area contributed by atoms with Crippen LogP contribution in [0.25, 0.3) is 0 Å². The first-order valence-corrected chi connectivity index (χ1v) is 9.72. The fourth-order valence-electron chi connectivity index (χ4n) is 2.70. The van der Waals surface area contributed by atoms with E-state index in [1.807, 2.05) is 60.7 Å². The van der Waals surface area contributed by atoms with Crippen LogP contribution in [0.2, 0.25) is 0 Å². The van der Waals surface area contributed by atoms with E-state index < -0.39 is 0 Å². The van der Waals surface area contributed by atoms with E-state index in [0.717, 1.165) is 17.1 Å². The minimum Gasteiger partial charge on any atom is -0.355 e. The highest BCUT2D eigenvalue weighted by Crippen LogP contribution is 2.22. The van der Waals surface area contributed by atoms with Crippen LogP contribution in [0.5, 0.6) is 0 Å². The first-order chi connectivity index (χ1) is 13.8. The van der Waals surface area contributed by atoms with Crippen LogP contribution in [-0.2, 0) is 5.41 Å². The summed E-state index contributed by atoms with van der Waals surface area (Å²) in [6.07, 6.45) is 3.46. The van der Waals surface area contributed by atoms with Gasteiger partial charge in [-0.05, 0) is 71.7 Å². The second kappa shape index (κ2) is 8.84. The van der Waals surface area contributed by atoms with Crippen LogP contribution in [0.15, 0.2) is 73.1 Å². The molecule has 1 aromatic heterocycles. The Hall–Kier alpha value is -3.25. The number of anilines is 3. The number of thiocarbonyl (C=S) groups is 1. The van der Waals surface area contributed by atoms with E-state index in [2.05, 4.69) is 41.7 Å². The van der Waals surface area contributed by atoms with Crippen LogP contribution >= 0.6 is 12.2 Å². The van der Waals surface area contributed by atoms with Crippen molar-refractivity contribution in [1.29, 1.82) is 0 Å². The van der Waals surface area contributed by atoms with Crippen LogP contribution in [0.3, 0.4) is 0 Å². The van der Waals surface area contributed by atoms with E-state index in [-0.39, 0.29) is 16.4 Å². The second-order valence-corrected chi connectivity index (χ2v) is 8.08. The molecule has 0 radical (unpaired) electrons. The molecule has 0 aliphatic heterocycles. The van der Waals surface area contributed by atoms with Crippen LogP contribution < -0.4 is 16.0 Å². The standard InChI is InChI=1S/C23H24N4OS/c1-23(2,3)17-6-4-16(5-7-17)21(28)27-22(29)26-19-10-8-18(9-11-19)25-20-12-14-24-15-13-20/h4-15H,1-3H3,(H,24,25)(H2,26,27,28,29). The molecule has 0 fully saturated rings. The highest BCUT2D eigenvalue weighted by atomic mass is 32.1. The van der Waals surface area contributed by atoms with E-state index in [1.165, 1.54) is 5.56 Å². The van der Waals surface area contributed by atoms with Crippen LogP contribution in [0, 0.1) is 0 Å². The van der Waals surface area contributed by atoms with Gasteiger partial charge in [0.2, 0.25) is 0 Å². The summed E-state index contributed by atoms with van der Waals surface area (Å²) >= 11 is 5.27. The molecular formula is C23H24N4OS. The number of carbonyl (C=O) groups excluding carboxylic acids is 1. The van der Waals surface area contributed by atoms with Gasteiger partial charge in [0, 0.05) is 35.0 Å². The molecule has 0 saturated carbocycles. The van der Waals surface area contributed by atoms with E-state index in [9.17, 15) is 4.79 Å². The summed E-state index contributed by atoms with van der Waals surface area (Å²) in [5.74, 6) is -0.237. The SMILES string of the molecule is CC(C)(C)c1ccc(C(=O)NC(=S)Nc2ccc(Nc3ccncc3)cc2)cc1. The molecule has 3 N–H and O–H groups in total. The maximum Gasteiger partial charge on any atom is 0.257 e. The number of amides is 1. The first kappa shape index (κ1) is 20.5. The third-order valence-corrected chi connectivity index (χ3v) is 4.56. The maximum atomic E-state index is 12.4. The number of aromatic nitrogens is 1. The molecule has 1 heterocycles. The zero-order valence-electron chi connectivity index (χ0n) is 16.7. The Labute approximate surface area is 176 Å². The summed E-state index contributed by atoms with van der Waals surface area (Å²) in [5.41, 5.74) is 4.48. The fraction of sp³-hybridized carbons (Fsp3) is 0.174. The van der Waals surface area contributed by atoms with Crippen molar-refractivity contribution in [3.05, 3.63) is 84.2 Å². The lowest BCUT2D eigenvalue weighted by atomic mass is 9.87. The molecule has 1 amide bonds. The molecule has 0 saturated heterocycles. The number of nitrogens with zero attached hydrogens (tertiary/aromatic N) is 1. The molecule has 5 nitrogen and oxygen atoms in total. The van der Waals surface area contributed by atoms with E-state index in [1.54, 1.807) is 12.4 Å². The van der Waals surface area contributed by atoms with E-state index in [4.69, 9.17) is 12.2 Å². The molecule has 3 rings (SSSR count). The van der Waals surface area contributed by atoms with Crippen molar-refractivity contribution in [2.75, 3.05) is 10.6 Å². The zero-order valence-corrected chi connectivity index (χ0v) is 17.5. The van der Waals surface area contributed by atoms with Gasteiger partial charge in [-0.1, -0.05) is 32.9 Å². The molecule has 0 unspecified atom stereocenters. The predicted molar refractivity (Wildman–Crippen MR) is 123 cm³/mol. The Morgan fingerprint density at radius 3 is 1.97 bits per heavy atom. The van der Waals surface area contributed by atoms with Crippen LogP contribution in [-0.4, -0.2) is 16.0 Å².